The van der Waals surface area contributed by atoms with E-state index in [1.54, 1.807) is 62.4 Å². The van der Waals surface area contributed by atoms with Crippen molar-refractivity contribution >= 4 is 13.6 Å². The van der Waals surface area contributed by atoms with Gasteiger partial charge in [0.2, 0.25) is 0 Å². The third kappa shape index (κ3) is 3.65. The Bertz CT molecular complexity index is 733. The maximum atomic E-state index is 12.9. The van der Waals surface area contributed by atoms with Crippen LogP contribution in [-0.4, -0.2) is 18.0 Å². The van der Waals surface area contributed by atoms with Gasteiger partial charge in [-0.1, -0.05) is 60.7 Å². The van der Waals surface area contributed by atoms with Crippen molar-refractivity contribution in [3.05, 3.63) is 71.8 Å². The summed E-state index contributed by atoms with van der Waals surface area (Å²) in [4.78, 5) is 12.9. The molecule has 0 bridgehead atoms. The number of rotatable bonds is 5. The number of hydrogen-bond acceptors (Lipinski definition) is 5. The first kappa shape index (κ1) is 17.1. The average molecular weight is 346 g/mol. The van der Waals surface area contributed by atoms with Crippen LogP contribution < -0.4 is 0 Å². The van der Waals surface area contributed by atoms with Gasteiger partial charge in [0.25, 0.3) is 0 Å². The van der Waals surface area contributed by atoms with E-state index >= 15 is 0 Å². The highest BCUT2D eigenvalue weighted by Crippen LogP contribution is 2.60. The third-order valence-electron chi connectivity index (χ3n) is 3.89. The van der Waals surface area contributed by atoms with Crippen molar-refractivity contribution < 1.29 is 22.9 Å². The summed E-state index contributed by atoms with van der Waals surface area (Å²) in [5.41, 5.74) is 1.07. The van der Waals surface area contributed by atoms with Crippen LogP contribution in [0.2, 0.25) is 0 Å². The molecular weight excluding hydrogens is 327 g/mol. The molecule has 1 fully saturated rings. The van der Waals surface area contributed by atoms with Crippen molar-refractivity contribution in [1.29, 1.82) is 0 Å². The van der Waals surface area contributed by atoms with Crippen LogP contribution >= 0.6 is 7.82 Å². The maximum Gasteiger partial charge on any atom is 0.476 e. The lowest BCUT2D eigenvalue weighted by atomic mass is 10.0. The van der Waals surface area contributed by atoms with E-state index in [9.17, 15) is 9.36 Å². The monoisotopic (exact) mass is 346 g/mol. The quantitative estimate of drug-likeness (QED) is 0.587. The molecule has 0 radical (unpaired) electrons. The number of phosphoric acid groups is 1. The van der Waals surface area contributed by atoms with Gasteiger partial charge in [-0.05, 0) is 19.4 Å². The van der Waals surface area contributed by atoms with Gasteiger partial charge in [0.05, 0.1) is 12.2 Å². The summed E-state index contributed by atoms with van der Waals surface area (Å²) in [5, 5.41) is 0. The Hall–Kier alpha value is -1.78. The molecule has 6 heteroatoms. The zero-order chi connectivity index (χ0) is 17.2. The molecule has 1 aliphatic rings. The van der Waals surface area contributed by atoms with Gasteiger partial charge in [-0.3, -0.25) is 18.4 Å². The van der Waals surface area contributed by atoms with Gasteiger partial charge in [0, 0.05) is 5.56 Å². The van der Waals surface area contributed by atoms with Crippen LogP contribution in [0.5, 0.6) is 0 Å². The Labute approximate surface area is 141 Å². The predicted molar refractivity (Wildman–Crippen MR) is 89.7 cm³/mol. The summed E-state index contributed by atoms with van der Waals surface area (Å²) in [6.45, 7) is 3.51. The first-order valence-electron chi connectivity index (χ1n) is 7.78. The van der Waals surface area contributed by atoms with Gasteiger partial charge >= 0.3 is 7.82 Å². The Kier molecular flexibility index (Phi) is 4.97. The summed E-state index contributed by atoms with van der Waals surface area (Å²) in [6.07, 6.45) is -1.78. The Morgan fingerprint density at radius 2 is 1.46 bits per heavy atom. The molecule has 0 aliphatic carbocycles. The van der Waals surface area contributed by atoms with Gasteiger partial charge in [-0.2, -0.15) is 0 Å². The highest BCUT2D eigenvalue weighted by Gasteiger charge is 2.45. The number of Topliss-reactive ketones (excluding diaryl/α,β-unsaturated/α-hetero) is 1. The number of carbonyl (C=O) groups excluding carboxylic acids is 1. The molecular formula is C18H19O5P. The summed E-state index contributed by atoms with van der Waals surface area (Å²) >= 11 is 0. The molecule has 2 aromatic carbocycles. The summed E-state index contributed by atoms with van der Waals surface area (Å²) < 4.78 is 29.1. The predicted octanol–water partition coefficient (Wildman–Crippen LogP) is 4.56. The highest BCUT2D eigenvalue weighted by atomic mass is 31.2. The molecule has 0 unspecified atom stereocenters. The summed E-state index contributed by atoms with van der Waals surface area (Å²) in [7, 11) is -3.80. The Morgan fingerprint density at radius 3 is 2.00 bits per heavy atom. The summed E-state index contributed by atoms with van der Waals surface area (Å²) in [6, 6.07) is 17.7. The molecule has 1 saturated heterocycles. The van der Waals surface area contributed by atoms with Crippen molar-refractivity contribution in [2.75, 3.05) is 0 Å². The fraction of sp³-hybridized carbons (Fsp3) is 0.278. The van der Waals surface area contributed by atoms with E-state index in [1.807, 2.05) is 12.1 Å². The maximum absolute atomic E-state index is 12.9. The largest absolute Gasteiger partial charge is 0.476 e. The lowest BCUT2D eigenvalue weighted by Gasteiger charge is -2.20. The molecule has 3 rings (SSSR count). The molecule has 0 N–H and O–H groups in total. The topological polar surface area (TPSA) is 61.8 Å². The molecule has 126 valence electrons. The smallest absolute Gasteiger partial charge is 0.291 e. The van der Waals surface area contributed by atoms with Crippen LogP contribution in [0.4, 0.5) is 0 Å². The number of carbonyl (C=O) groups is 1. The number of hydrogen-bond donors (Lipinski definition) is 0. The molecule has 1 aliphatic heterocycles. The van der Waals surface area contributed by atoms with E-state index in [0.29, 0.717) is 11.1 Å². The van der Waals surface area contributed by atoms with E-state index in [1.165, 1.54) is 0 Å². The second-order valence-electron chi connectivity index (χ2n) is 5.69. The van der Waals surface area contributed by atoms with Gasteiger partial charge in [-0.25, -0.2) is 4.57 Å². The lowest BCUT2D eigenvalue weighted by molar-refractivity contribution is 0.0694. The van der Waals surface area contributed by atoms with Crippen LogP contribution in [0, 0.1) is 0 Å². The normalized spacial score (nSPS) is 23.8. The SMILES string of the molecule is C[C@H]1OP(=O)(O[C@@H](C(=O)c2ccccc2)c2ccccc2)O[C@@H]1C. The Morgan fingerprint density at radius 1 is 0.958 bits per heavy atom. The zero-order valence-electron chi connectivity index (χ0n) is 13.5. The van der Waals surface area contributed by atoms with Crippen LogP contribution in [0.25, 0.3) is 0 Å². The van der Waals surface area contributed by atoms with E-state index < -0.39 is 13.9 Å². The van der Waals surface area contributed by atoms with Crippen molar-refractivity contribution in [2.45, 2.75) is 32.2 Å². The van der Waals surface area contributed by atoms with Gasteiger partial charge in [0.1, 0.15) is 0 Å². The number of phosphoric ester groups is 1. The molecule has 5 nitrogen and oxygen atoms in total. The number of benzene rings is 2. The molecule has 0 spiro atoms. The van der Waals surface area contributed by atoms with E-state index in [0.717, 1.165) is 0 Å². The van der Waals surface area contributed by atoms with Crippen molar-refractivity contribution in [2.24, 2.45) is 0 Å². The first-order valence-corrected chi connectivity index (χ1v) is 9.24. The standard InChI is InChI=1S/C18H19O5P/c1-13-14(2)22-24(20,21-13)23-18(16-11-7-4-8-12-16)17(19)15-9-5-3-6-10-15/h3-14,18H,1-2H3/t13-,14-,18-/m1/s1. The van der Waals surface area contributed by atoms with Crippen LogP contribution in [0.1, 0.15) is 35.9 Å². The number of ketones is 1. The second kappa shape index (κ2) is 6.99. The van der Waals surface area contributed by atoms with Crippen LogP contribution in [0.15, 0.2) is 60.7 Å². The molecule has 0 aromatic heterocycles. The molecule has 1 heterocycles. The molecule has 3 atom stereocenters. The van der Waals surface area contributed by atoms with Gasteiger partial charge in [-0.15, -0.1) is 0 Å². The van der Waals surface area contributed by atoms with E-state index in [4.69, 9.17) is 13.6 Å². The van der Waals surface area contributed by atoms with Crippen molar-refractivity contribution in [3.8, 4) is 0 Å². The first-order chi connectivity index (χ1) is 11.5. The molecule has 2 aromatic rings. The minimum Gasteiger partial charge on any atom is -0.291 e. The average Bonchev–Trinajstić information content (AvgIpc) is 2.86. The second-order valence-corrected chi connectivity index (χ2v) is 7.22. The van der Waals surface area contributed by atoms with Crippen LogP contribution in [0.3, 0.4) is 0 Å². The van der Waals surface area contributed by atoms with Crippen molar-refractivity contribution in [3.63, 3.8) is 0 Å². The fourth-order valence-electron chi connectivity index (χ4n) is 2.42. The molecule has 24 heavy (non-hydrogen) atoms. The zero-order valence-corrected chi connectivity index (χ0v) is 14.4. The minimum atomic E-state index is -3.80. The minimum absolute atomic E-state index is 0.295. The Balaban J connectivity index is 1.92. The molecule has 0 saturated carbocycles. The van der Waals surface area contributed by atoms with Crippen molar-refractivity contribution in [1.82, 2.24) is 0 Å². The van der Waals surface area contributed by atoms with Crippen LogP contribution in [-0.2, 0) is 18.1 Å². The lowest BCUT2D eigenvalue weighted by Crippen LogP contribution is -2.16. The van der Waals surface area contributed by atoms with Gasteiger partial charge < -0.3 is 0 Å². The van der Waals surface area contributed by atoms with Gasteiger partial charge in [0.15, 0.2) is 11.9 Å². The fourth-order valence-corrected chi connectivity index (χ4v) is 4.21. The van der Waals surface area contributed by atoms with E-state index in [2.05, 4.69) is 0 Å². The molecule has 0 amide bonds. The summed E-state index contributed by atoms with van der Waals surface area (Å²) in [5.74, 6) is -0.295. The highest BCUT2D eigenvalue weighted by molar-refractivity contribution is 7.48. The van der Waals surface area contributed by atoms with E-state index in [-0.39, 0.29) is 18.0 Å². The third-order valence-corrected chi connectivity index (χ3v) is 5.54.